The number of hydrogen-bond donors (Lipinski definition) is 1. The van der Waals surface area contributed by atoms with Gasteiger partial charge >= 0.3 is 5.97 Å². The van der Waals surface area contributed by atoms with Crippen LogP contribution in [0.2, 0.25) is 0 Å². The van der Waals surface area contributed by atoms with Gasteiger partial charge < -0.3 is 19.5 Å². The number of carbonyl (C=O) groups is 2. The molecule has 108 valence electrons. The fourth-order valence-electron chi connectivity index (χ4n) is 2.62. The van der Waals surface area contributed by atoms with E-state index >= 15 is 0 Å². The van der Waals surface area contributed by atoms with E-state index in [4.69, 9.17) is 14.6 Å². The molecule has 0 aromatic heterocycles. The number of amides is 1. The van der Waals surface area contributed by atoms with Gasteiger partial charge in [-0.2, -0.15) is 0 Å². The predicted octanol–water partition coefficient (Wildman–Crippen LogP) is 0.504. The summed E-state index contributed by atoms with van der Waals surface area (Å²) in [4.78, 5) is 24.8. The van der Waals surface area contributed by atoms with Crippen molar-refractivity contribution in [3.05, 3.63) is 0 Å². The van der Waals surface area contributed by atoms with E-state index in [-0.39, 0.29) is 18.6 Å². The molecule has 0 bridgehead atoms. The van der Waals surface area contributed by atoms with Crippen molar-refractivity contribution in [1.29, 1.82) is 0 Å². The molecule has 2 fully saturated rings. The van der Waals surface area contributed by atoms with Crippen molar-refractivity contribution in [2.45, 2.75) is 38.4 Å². The van der Waals surface area contributed by atoms with Gasteiger partial charge in [0.1, 0.15) is 0 Å². The summed E-state index contributed by atoms with van der Waals surface area (Å²) in [6, 6.07) is 0. The molecule has 0 saturated carbocycles. The highest BCUT2D eigenvalue weighted by molar-refractivity contribution is 5.79. The molecule has 0 aromatic carbocycles. The summed E-state index contributed by atoms with van der Waals surface area (Å²) in [6.07, 6.45) is 1.18. The lowest BCUT2D eigenvalue weighted by Crippen LogP contribution is -2.52. The van der Waals surface area contributed by atoms with Gasteiger partial charge in [-0.3, -0.25) is 4.79 Å². The number of morpholine rings is 1. The van der Waals surface area contributed by atoms with Crippen LogP contribution in [0.1, 0.15) is 26.2 Å². The van der Waals surface area contributed by atoms with E-state index in [1.54, 1.807) is 11.8 Å². The van der Waals surface area contributed by atoms with Crippen molar-refractivity contribution in [3.8, 4) is 0 Å². The molecular weight excluding hydrogens is 250 g/mol. The standard InChI is InChI=1S/C13H21NO5/c1-9-7-14(8-11(19-9)13(16)17)12(15)6-10-2-4-18-5-3-10/h9-11H,2-8H2,1H3,(H,16,17)/t9-,11?/m1/s1. The zero-order valence-corrected chi connectivity index (χ0v) is 11.2. The Hall–Kier alpha value is -1.14. The van der Waals surface area contributed by atoms with Crippen molar-refractivity contribution in [2.75, 3.05) is 26.3 Å². The lowest BCUT2D eigenvalue weighted by molar-refractivity contribution is -0.167. The maximum Gasteiger partial charge on any atom is 0.334 e. The van der Waals surface area contributed by atoms with Crippen LogP contribution in [0.5, 0.6) is 0 Å². The Bertz CT molecular complexity index is 340. The number of carboxylic acid groups (broad SMARTS) is 1. The largest absolute Gasteiger partial charge is 0.479 e. The highest BCUT2D eigenvalue weighted by Gasteiger charge is 2.33. The van der Waals surface area contributed by atoms with Crippen LogP contribution in [0, 0.1) is 5.92 Å². The van der Waals surface area contributed by atoms with Crippen LogP contribution >= 0.6 is 0 Å². The SMILES string of the molecule is C[C@@H]1CN(C(=O)CC2CCOCC2)CC(C(=O)O)O1. The fraction of sp³-hybridized carbons (Fsp3) is 0.846. The lowest BCUT2D eigenvalue weighted by atomic mass is 9.95. The normalized spacial score (nSPS) is 29.2. The summed E-state index contributed by atoms with van der Waals surface area (Å²) in [5, 5.41) is 9.00. The molecule has 2 saturated heterocycles. The van der Waals surface area contributed by atoms with Gasteiger partial charge in [-0.15, -0.1) is 0 Å². The molecular formula is C13H21NO5. The molecule has 6 heteroatoms. The Morgan fingerprint density at radius 2 is 1.95 bits per heavy atom. The number of carbonyl (C=O) groups excluding carboxylic acids is 1. The first-order chi connectivity index (χ1) is 9.06. The summed E-state index contributed by atoms with van der Waals surface area (Å²) in [6.45, 7) is 3.86. The van der Waals surface area contributed by atoms with Crippen molar-refractivity contribution >= 4 is 11.9 Å². The number of nitrogens with zero attached hydrogens (tertiary/aromatic N) is 1. The van der Waals surface area contributed by atoms with E-state index in [1.165, 1.54) is 0 Å². The highest BCUT2D eigenvalue weighted by atomic mass is 16.5. The molecule has 0 radical (unpaired) electrons. The summed E-state index contributed by atoms with van der Waals surface area (Å²) in [5.41, 5.74) is 0. The minimum atomic E-state index is -1.00. The Kier molecular flexibility index (Phi) is 4.76. The minimum absolute atomic E-state index is 0.0355. The average molecular weight is 271 g/mol. The molecule has 2 aliphatic heterocycles. The van der Waals surface area contributed by atoms with Crippen LogP contribution in [0.25, 0.3) is 0 Å². The van der Waals surface area contributed by atoms with Crippen LogP contribution in [-0.2, 0) is 19.1 Å². The van der Waals surface area contributed by atoms with E-state index in [0.717, 1.165) is 26.1 Å². The highest BCUT2D eigenvalue weighted by Crippen LogP contribution is 2.21. The molecule has 1 amide bonds. The average Bonchev–Trinajstić information content (AvgIpc) is 2.39. The predicted molar refractivity (Wildman–Crippen MR) is 66.7 cm³/mol. The minimum Gasteiger partial charge on any atom is -0.479 e. The van der Waals surface area contributed by atoms with Gasteiger partial charge in [0, 0.05) is 26.2 Å². The van der Waals surface area contributed by atoms with Crippen LogP contribution in [0.3, 0.4) is 0 Å². The fourth-order valence-corrected chi connectivity index (χ4v) is 2.62. The third-order valence-electron chi connectivity index (χ3n) is 3.69. The van der Waals surface area contributed by atoms with Gasteiger partial charge in [-0.1, -0.05) is 0 Å². The summed E-state index contributed by atoms with van der Waals surface area (Å²) < 4.78 is 10.6. The second-order valence-electron chi connectivity index (χ2n) is 5.33. The molecule has 2 heterocycles. The quantitative estimate of drug-likeness (QED) is 0.809. The van der Waals surface area contributed by atoms with Crippen molar-refractivity contribution in [2.24, 2.45) is 5.92 Å². The second kappa shape index (κ2) is 6.34. The lowest BCUT2D eigenvalue weighted by Gasteiger charge is -2.36. The molecule has 1 N–H and O–H groups in total. The van der Waals surface area contributed by atoms with E-state index in [2.05, 4.69) is 0 Å². The zero-order valence-electron chi connectivity index (χ0n) is 11.2. The molecule has 0 aromatic rings. The van der Waals surface area contributed by atoms with Gasteiger partial charge in [0.2, 0.25) is 5.91 Å². The summed E-state index contributed by atoms with van der Waals surface area (Å²) in [7, 11) is 0. The monoisotopic (exact) mass is 271 g/mol. The van der Waals surface area contributed by atoms with Crippen LogP contribution in [0.4, 0.5) is 0 Å². The Labute approximate surface area is 112 Å². The molecule has 0 spiro atoms. The molecule has 0 aliphatic carbocycles. The number of aliphatic carboxylic acids is 1. The molecule has 19 heavy (non-hydrogen) atoms. The topological polar surface area (TPSA) is 76.1 Å². The Balaban J connectivity index is 1.88. The van der Waals surface area contributed by atoms with E-state index < -0.39 is 12.1 Å². The molecule has 2 rings (SSSR count). The molecule has 6 nitrogen and oxygen atoms in total. The maximum atomic E-state index is 12.2. The maximum absolute atomic E-state index is 12.2. The first-order valence-electron chi connectivity index (χ1n) is 6.80. The zero-order chi connectivity index (χ0) is 13.8. The third kappa shape index (κ3) is 3.91. The Morgan fingerprint density at radius 1 is 1.26 bits per heavy atom. The number of carboxylic acids is 1. The molecule has 2 aliphatic rings. The first-order valence-corrected chi connectivity index (χ1v) is 6.80. The summed E-state index contributed by atoms with van der Waals surface area (Å²) >= 11 is 0. The van der Waals surface area contributed by atoms with Crippen LogP contribution in [0.15, 0.2) is 0 Å². The number of hydrogen-bond acceptors (Lipinski definition) is 4. The Morgan fingerprint density at radius 3 is 2.58 bits per heavy atom. The van der Waals surface area contributed by atoms with E-state index in [9.17, 15) is 9.59 Å². The second-order valence-corrected chi connectivity index (χ2v) is 5.33. The van der Waals surface area contributed by atoms with Gasteiger partial charge in [0.05, 0.1) is 12.6 Å². The van der Waals surface area contributed by atoms with Crippen LogP contribution in [-0.4, -0.2) is 60.4 Å². The van der Waals surface area contributed by atoms with Crippen LogP contribution < -0.4 is 0 Å². The van der Waals surface area contributed by atoms with E-state index in [1.807, 2.05) is 0 Å². The van der Waals surface area contributed by atoms with Crippen molar-refractivity contribution in [3.63, 3.8) is 0 Å². The van der Waals surface area contributed by atoms with E-state index in [0.29, 0.717) is 18.9 Å². The number of rotatable bonds is 3. The molecule has 1 unspecified atom stereocenters. The van der Waals surface area contributed by atoms with Gasteiger partial charge in [-0.05, 0) is 25.7 Å². The van der Waals surface area contributed by atoms with Gasteiger partial charge in [0.15, 0.2) is 6.10 Å². The number of ether oxygens (including phenoxy) is 2. The van der Waals surface area contributed by atoms with Crippen molar-refractivity contribution < 1.29 is 24.2 Å². The van der Waals surface area contributed by atoms with Gasteiger partial charge in [0.25, 0.3) is 0 Å². The molecule has 2 atom stereocenters. The smallest absolute Gasteiger partial charge is 0.334 e. The summed E-state index contributed by atoms with van der Waals surface area (Å²) in [5.74, 6) is -0.605. The third-order valence-corrected chi connectivity index (χ3v) is 3.69. The van der Waals surface area contributed by atoms with Gasteiger partial charge in [-0.25, -0.2) is 4.79 Å². The van der Waals surface area contributed by atoms with Crippen molar-refractivity contribution in [1.82, 2.24) is 4.90 Å². The first kappa shape index (κ1) is 14.3.